The van der Waals surface area contributed by atoms with Crippen LogP contribution in [0.15, 0.2) is 48.5 Å². The Morgan fingerprint density at radius 3 is 2.32 bits per heavy atom. The molecule has 0 spiro atoms. The highest BCUT2D eigenvalue weighted by Crippen LogP contribution is 2.44. The van der Waals surface area contributed by atoms with Crippen LogP contribution in [-0.4, -0.2) is 54.2 Å². The predicted molar refractivity (Wildman–Crippen MR) is 128 cm³/mol. The number of rotatable bonds is 10. The number of fused-ring (bicyclic) bond motifs is 3. The number of carboxylic acid groups (broad SMARTS) is 1. The van der Waals surface area contributed by atoms with Gasteiger partial charge in [0.15, 0.2) is 0 Å². The van der Waals surface area contributed by atoms with Gasteiger partial charge in [0.1, 0.15) is 6.61 Å². The monoisotopic (exact) mass is 464 g/mol. The molecule has 1 atom stereocenters. The van der Waals surface area contributed by atoms with Crippen LogP contribution in [0.25, 0.3) is 11.1 Å². The Labute approximate surface area is 200 Å². The van der Waals surface area contributed by atoms with Crippen molar-refractivity contribution < 1.29 is 24.2 Å². The number of likely N-dealkylation sites (tertiary alicyclic amines) is 1. The fourth-order valence-electron chi connectivity index (χ4n) is 5.02. The summed E-state index contributed by atoms with van der Waals surface area (Å²) in [6.07, 6.45) is 3.07. The summed E-state index contributed by atoms with van der Waals surface area (Å²) < 4.78 is 5.53. The number of carboxylic acids is 1. The van der Waals surface area contributed by atoms with Crippen molar-refractivity contribution in [3.63, 3.8) is 0 Å². The van der Waals surface area contributed by atoms with Crippen LogP contribution < -0.4 is 5.32 Å². The number of benzene rings is 2. The Bertz CT molecular complexity index is 992. The minimum Gasteiger partial charge on any atom is -0.481 e. The Kier molecular flexibility index (Phi) is 7.83. The van der Waals surface area contributed by atoms with E-state index in [2.05, 4.69) is 29.6 Å². The summed E-state index contributed by atoms with van der Waals surface area (Å²) in [5.41, 5.74) is 4.76. The summed E-state index contributed by atoms with van der Waals surface area (Å²) in [6.45, 7) is 2.12. The first-order valence-electron chi connectivity index (χ1n) is 12.1. The average Bonchev–Trinajstić information content (AvgIpc) is 3.44. The predicted octanol–water partition coefficient (Wildman–Crippen LogP) is 4.41. The SMILES string of the molecule is O=C(O)CCC1CCN(C(=O)CCCCNC(=O)OCC2c3ccccc3-c3ccccc32)C1. The minimum atomic E-state index is -0.784. The van der Waals surface area contributed by atoms with Gasteiger partial charge in [-0.3, -0.25) is 9.59 Å². The summed E-state index contributed by atoms with van der Waals surface area (Å²) in [5.74, 6) is -0.349. The van der Waals surface area contributed by atoms with Crippen molar-refractivity contribution >= 4 is 18.0 Å². The lowest BCUT2D eigenvalue weighted by molar-refractivity contribution is -0.137. The van der Waals surface area contributed by atoms with E-state index in [1.54, 1.807) is 0 Å². The number of carbonyl (C=O) groups excluding carboxylic acids is 2. The third kappa shape index (κ3) is 5.76. The lowest BCUT2D eigenvalue weighted by atomic mass is 9.98. The lowest BCUT2D eigenvalue weighted by Gasteiger charge is -2.16. The molecule has 2 N–H and O–H groups in total. The van der Waals surface area contributed by atoms with E-state index in [9.17, 15) is 14.4 Å². The van der Waals surface area contributed by atoms with Crippen LogP contribution in [0.5, 0.6) is 0 Å². The van der Waals surface area contributed by atoms with Crippen molar-refractivity contribution in [1.82, 2.24) is 10.2 Å². The molecule has 0 saturated carbocycles. The average molecular weight is 465 g/mol. The molecule has 2 aliphatic rings. The first-order chi connectivity index (χ1) is 16.5. The number of nitrogens with zero attached hydrogens (tertiary/aromatic N) is 1. The van der Waals surface area contributed by atoms with E-state index in [1.807, 2.05) is 29.2 Å². The second-order valence-electron chi connectivity index (χ2n) is 9.14. The van der Waals surface area contributed by atoms with Crippen LogP contribution in [0, 0.1) is 5.92 Å². The van der Waals surface area contributed by atoms with Crippen LogP contribution in [0.3, 0.4) is 0 Å². The number of alkyl carbamates (subject to hydrolysis) is 1. The molecule has 0 radical (unpaired) electrons. The summed E-state index contributed by atoms with van der Waals surface area (Å²) in [7, 11) is 0. The van der Waals surface area contributed by atoms with Crippen LogP contribution >= 0.6 is 0 Å². The van der Waals surface area contributed by atoms with Gasteiger partial charge < -0.3 is 20.1 Å². The van der Waals surface area contributed by atoms with E-state index >= 15 is 0 Å². The lowest BCUT2D eigenvalue weighted by Crippen LogP contribution is -2.29. The molecule has 2 aromatic carbocycles. The number of hydrogen-bond acceptors (Lipinski definition) is 4. The number of nitrogens with one attached hydrogen (secondary N) is 1. The maximum atomic E-state index is 12.4. The molecule has 7 heteroatoms. The molecule has 1 fully saturated rings. The van der Waals surface area contributed by atoms with Crippen LogP contribution in [-0.2, 0) is 14.3 Å². The highest BCUT2D eigenvalue weighted by molar-refractivity contribution is 5.79. The van der Waals surface area contributed by atoms with Crippen LogP contribution in [0.4, 0.5) is 4.79 Å². The number of amides is 2. The maximum absolute atomic E-state index is 12.4. The number of hydrogen-bond donors (Lipinski definition) is 2. The van der Waals surface area contributed by atoms with Gasteiger partial charge in [0.05, 0.1) is 0 Å². The van der Waals surface area contributed by atoms with E-state index in [-0.39, 0.29) is 30.8 Å². The van der Waals surface area contributed by atoms with Crippen molar-refractivity contribution in [2.24, 2.45) is 5.92 Å². The Morgan fingerprint density at radius 2 is 1.65 bits per heavy atom. The maximum Gasteiger partial charge on any atom is 0.407 e. The normalized spacial score (nSPS) is 16.7. The van der Waals surface area contributed by atoms with Crippen LogP contribution in [0.1, 0.15) is 55.6 Å². The molecular weight excluding hydrogens is 432 g/mol. The Balaban J connectivity index is 1.13. The third-order valence-corrected chi connectivity index (χ3v) is 6.84. The van der Waals surface area contributed by atoms with Crippen molar-refractivity contribution in [2.45, 2.75) is 44.4 Å². The van der Waals surface area contributed by atoms with Gasteiger partial charge in [-0.05, 0) is 53.9 Å². The Hall–Kier alpha value is -3.35. The summed E-state index contributed by atoms with van der Waals surface area (Å²) in [5, 5.41) is 11.6. The van der Waals surface area contributed by atoms with E-state index in [4.69, 9.17) is 9.84 Å². The van der Waals surface area contributed by atoms with Gasteiger partial charge in [0.25, 0.3) is 0 Å². The summed E-state index contributed by atoms with van der Waals surface area (Å²) in [4.78, 5) is 37.1. The quantitative estimate of drug-likeness (QED) is 0.508. The summed E-state index contributed by atoms with van der Waals surface area (Å²) in [6, 6.07) is 16.5. The van der Waals surface area contributed by atoms with Crippen molar-refractivity contribution in [3.05, 3.63) is 59.7 Å². The highest BCUT2D eigenvalue weighted by atomic mass is 16.5. The zero-order valence-electron chi connectivity index (χ0n) is 19.4. The second-order valence-corrected chi connectivity index (χ2v) is 9.14. The smallest absolute Gasteiger partial charge is 0.407 e. The molecule has 2 amide bonds. The second kappa shape index (κ2) is 11.2. The fraction of sp³-hybridized carbons (Fsp3) is 0.444. The molecule has 180 valence electrons. The van der Waals surface area contributed by atoms with E-state index < -0.39 is 12.1 Å². The standard InChI is InChI=1S/C27H32N2O5/c30-25(29-16-14-19(17-29)12-13-26(31)32)11-5-6-15-28-27(33)34-18-24-22-9-3-1-7-20(22)21-8-2-4-10-23(21)24/h1-4,7-10,19,24H,5-6,11-18H2,(H,28,33)(H,31,32). The van der Waals surface area contributed by atoms with Crippen molar-refractivity contribution in [2.75, 3.05) is 26.2 Å². The first kappa shape index (κ1) is 23.8. The number of carbonyl (C=O) groups is 3. The van der Waals surface area contributed by atoms with E-state index in [1.165, 1.54) is 22.3 Å². The molecule has 0 bridgehead atoms. The molecule has 2 aromatic rings. The van der Waals surface area contributed by atoms with Gasteiger partial charge in [0.2, 0.25) is 5.91 Å². The zero-order valence-corrected chi connectivity index (χ0v) is 19.4. The molecule has 1 unspecified atom stereocenters. The third-order valence-electron chi connectivity index (χ3n) is 6.84. The number of unbranched alkanes of at least 4 members (excludes halogenated alkanes) is 1. The highest BCUT2D eigenvalue weighted by Gasteiger charge is 2.29. The number of ether oxygens (including phenoxy) is 1. The molecule has 7 nitrogen and oxygen atoms in total. The van der Waals surface area contributed by atoms with Gasteiger partial charge in [-0.1, -0.05) is 48.5 Å². The van der Waals surface area contributed by atoms with E-state index in [0.29, 0.717) is 45.3 Å². The molecule has 0 aromatic heterocycles. The molecule has 1 heterocycles. The molecule has 1 aliphatic carbocycles. The largest absolute Gasteiger partial charge is 0.481 e. The fourth-order valence-corrected chi connectivity index (χ4v) is 5.02. The topological polar surface area (TPSA) is 95.9 Å². The molecule has 4 rings (SSSR count). The first-order valence-corrected chi connectivity index (χ1v) is 12.1. The molecule has 1 saturated heterocycles. The van der Waals surface area contributed by atoms with Gasteiger partial charge in [-0.25, -0.2) is 4.79 Å². The zero-order chi connectivity index (χ0) is 23.9. The minimum absolute atomic E-state index is 0.0376. The van der Waals surface area contributed by atoms with E-state index in [0.717, 1.165) is 6.42 Å². The molecular formula is C27H32N2O5. The van der Waals surface area contributed by atoms with Gasteiger partial charge in [0, 0.05) is 38.4 Å². The van der Waals surface area contributed by atoms with Gasteiger partial charge >= 0.3 is 12.1 Å². The Morgan fingerprint density at radius 1 is 0.971 bits per heavy atom. The van der Waals surface area contributed by atoms with Crippen LogP contribution in [0.2, 0.25) is 0 Å². The van der Waals surface area contributed by atoms with Gasteiger partial charge in [-0.15, -0.1) is 0 Å². The van der Waals surface area contributed by atoms with Gasteiger partial charge in [-0.2, -0.15) is 0 Å². The number of aliphatic carboxylic acids is 1. The summed E-state index contributed by atoms with van der Waals surface area (Å²) >= 11 is 0. The van der Waals surface area contributed by atoms with Crippen molar-refractivity contribution in [1.29, 1.82) is 0 Å². The van der Waals surface area contributed by atoms with Crippen molar-refractivity contribution in [3.8, 4) is 11.1 Å². The molecule has 1 aliphatic heterocycles. The molecule has 34 heavy (non-hydrogen) atoms.